The molecule has 0 atom stereocenters. The summed E-state index contributed by atoms with van der Waals surface area (Å²) in [4.78, 5) is 14.9. The van der Waals surface area contributed by atoms with Crippen LogP contribution in [0.4, 0.5) is 0 Å². The van der Waals surface area contributed by atoms with Crippen LogP contribution >= 0.6 is 12.2 Å². The first kappa shape index (κ1) is 14.1. The summed E-state index contributed by atoms with van der Waals surface area (Å²) in [6, 6.07) is 7.73. The Morgan fingerprint density at radius 3 is 2.71 bits per heavy atom. The molecule has 1 saturated heterocycles. The SMILES string of the molecule is Cc1ccc2oc(C(=O)N3CCC(C(N)=S)CC3)cc2c1. The second-order valence-electron chi connectivity index (χ2n) is 5.62. The van der Waals surface area contributed by atoms with Crippen molar-refractivity contribution in [2.24, 2.45) is 11.7 Å². The van der Waals surface area contributed by atoms with Gasteiger partial charge in [0.25, 0.3) is 5.91 Å². The van der Waals surface area contributed by atoms with E-state index in [0.29, 0.717) is 23.8 Å². The van der Waals surface area contributed by atoms with E-state index in [4.69, 9.17) is 22.4 Å². The first-order chi connectivity index (χ1) is 10.0. The minimum Gasteiger partial charge on any atom is -0.451 e. The van der Waals surface area contributed by atoms with Crippen LogP contribution in [-0.4, -0.2) is 28.9 Å². The second-order valence-corrected chi connectivity index (χ2v) is 6.09. The van der Waals surface area contributed by atoms with Crippen molar-refractivity contribution in [3.63, 3.8) is 0 Å². The summed E-state index contributed by atoms with van der Waals surface area (Å²) in [6.45, 7) is 3.38. The van der Waals surface area contributed by atoms with Crippen LogP contribution < -0.4 is 5.73 Å². The van der Waals surface area contributed by atoms with Gasteiger partial charge in [-0.3, -0.25) is 4.79 Å². The van der Waals surface area contributed by atoms with E-state index in [-0.39, 0.29) is 11.8 Å². The van der Waals surface area contributed by atoms with Crippen LogP contribution in [0.5, 0.6) is 0 Å². The first-order valence-electron chi connectivity index (χ1n) is 7.13. The number of carbonyl (C=O) groups excluding carboxylic acids is 1. The molecule has 2 N–H and O–H groups in total. The zero-order valence-corrected chi connectivity index (χ0v) is 12.8. The monoisotopic (exact) mass is 302 g/mol. The van der Waals surface area contributed by atoms with Crippen LogP contribution in [0.3, 0.4) is 0 Å². The molecule has 2 heterocycles. The Bertz CT molecular complexity index is 699. The van der Waals surface area contributed by atoms with Crippen molar-refractivity contribution in [2.45, 2.75) is 19.8 Å². The molecular formula is C16H18N2O2S. The van der Waals surface area contributed by atoms with Gasteiger partial charge < -0.3 is 15.1 Å². The van der Waals surface area contributed by atoms with Gasteiger partial charge in [0, 0.05) is 24.4 Å². The number of furan rings is 1. The lowest BCUT2D eigenvalue weighted by molar-refractivity contribution is 0.0680. The molecule has 0 saturated carbocycles. The molecule has 1 aliphatic heterocycles. The highest BCUT2D eigenvalue weighted by Crippen LogP contribution is 2.24. The summed E-state index contributed by atoms with van der Waals surface area (Å²) in [5.74, 6) is 0.608. The van der Waals surface area contributed by atoms with Crippen molar-refractivity contribution in [1.29, 1.82) is 0 Å². The molecule has 0 unspecified atom stereocenters. The van der Waals surface area contributed by atoms with Gasteiger partial charge in [-0.05, 0) is 38.0 Å². The van der Waals surface area contributed by atoms with Crippen molar-refractivity contribution in [1.82, 2.24) is 4.90 Å². The number of aryl methyl sites for hydroxylation is 1. The number of hydrogen-bond acceptors (Lipinski definition) is 3. The quantitative estimate of drug-likeness (QED) is 0.867. The number of likely N-dealkylation sites (tertiary alicyclic amines) is 1. The number of fused-ring (bicyclic) bond motifs is 1. The van der Waals surface area contributed by atoms with E-state index in [1.807, 2.05) is 36.1 Å². The normalized spacial score (nSPS) is 16.3. The molecule has 4 nitrogen and oxygen atoms in total. The zero-order chi connectivity index (χ0) is 15.0. The van der Waals surface area contributed by atoms with Crippen molar-refractivity contribution in [2.75, 3.05) is 13.1 Å². The van der Waals surface area contributed by atoms with Crippen LogP contribution in [0.1, 0.15) is 29.0 Å². The standard InChI is InChI=1S/C16H18N2O2S/c1-10-2-3-13-12(8-10)9-14(20-13)16(19)18-6-4-11(5-7-18)15(17)21/h2-3,8-9,11H,4-7H2,1H3,(H2,17,21). The fraction of sp³-hybridized carbons (Fsp3) is 0.375. The van der Waals surface area contributed by atoms with Gasteiger partial charge >= 0.3 is 0 Å². The van der Waals surface area contributed by atoms with Gasteiger partial charge in [-0.2, -0.15) is 0 Å². The smallest absolute Gasteiger partial charge is 0.289 e. The second kappa shape index (κ2) is 5.48. The Labute approximate surface area is 128 Å². The Hall–Kier alpha value is -1.88. The van der Waals surface area contributed by atoms with Crippen LogP contribution in [0, 0.1) is 12.8 Å². The lowest BCUT2D eigenvalue weighted by Gasteiger charge is -2.30. The lowest BCUT2D eigenvalue weighted by Crippen LogP contribution is -2.41. The molecule has 0 spiro atoms. The van der Waals surface area contributed by atoms with Gasteiger partial charge in [0.15, 0.2) is 5.76 Å². The maximum absolute atomic E-state index is 12.5. The minimum atomic E-state index is -0.0507. The fourth-order valence-corrected chi connectivity index (χ4v) is 3.03. The van der Waals surface area contributed by atoms with Crippen LogP contribution in [0.2, 0.25) is 0 Å². The van der Waals surface area contributed by atoms with Gasteiger partial charge in [-0.25, -0.2) is 0 Å². The molecule has 3 rings (SSSR count). The van der Waals surface area contributed by atoms with Gasteiger partial charge in [0.1, 0.15) is 5.58 Å². The summed E-state index contributed by atoms with van der Waals surface area (Å²) in [5, 5.41) is 0.969. The third-order valence-corrected chi connectivity index (χ3v) is 4.40. The number of nitrogens with zero attached hydrogens (tertiary/aromatic N) is 1. The lowest BCUT2D eigenvalue weighted by atomic mass is 9.97. The average molecular weight is 302 g/mol. The van der Waals surface area contributed by atoms with Crippen molar-refractivity contribution >= 4 is 34.1 Å². The molecule has 1 aliphatic rings. The summed E-state index contributed by atoms with van der Waals surface area (Å²) in [6.07, 6.45) is 1.67. The van der Waals surface area contributed by atoms with Gasteiger partial charge in [-0.15, -0.1) is 0 Å². The van der Waals surface area contributed by atoms with Crippen LogP contribution in [-0.2, 0) is 0 Å². The molecular weight excluding hydrogens is 284 g/mol. The summed E-state index contributed by atoms with van der Waals surface area (Å²) < 4.78 is 5.67. The predicted molar refractivity (Wildman–Crippen MR) is 86.4 cm³/mol. The number of piperidine rings is 1. The van der Waals surface area contributed by atoms with E-state index in [2.05, 4.69) is 0 Å². The maximum atomic E-state index is 12.5. The first-order valence-corrected chi connectivity index (χ1v) is 7.54. The molecule has 21 heavy (non-hydrogen) atoms. The molecule has 1 fully saturated rings. The summed E-state index contributed by atoms with van der Waals surface area (Å²) in [7, 11) is 0. The van der Waals surface area contributed by atoms with Crippen LogP contribution in [0.25, 0.3) is 11.0 Å². The maximum Gasteiger partial charge on any atom is 0.289 e. The highest BCUT2D eigenvalue weighted by molar-refractivity contribution is 7.80. The molecule has 5 heteroatoms. The third kappa shape index (κ3) is 2.78. The van der Waals surface area contributed by atoms with Crippen molar-refractivity contribution in [3.8, 4) is 0 Å². The zero-order valence-electron chi connectivity index (χ0n) is 12.0. The molecule has 110 valence electrons. The van der Waals surface area contributed by atoms with Crippen LogP contribution in [0.15, 0.2) is 28.7 Å². The van der Waals surface area contributed by atoms with E-state index in [0.717, 1.165) is 29.4 Å². The number of benzene rings is 1. The number of hydrogen-bond donors (Lipinski definition) is 1. The molecule has 1 aromatic carbocycles. The largest absolute Gasteiger partial charge is 0.451 e. The molecule has 1 amide bonds. The summed E-state index contributed by atoms with van der Waals surface area (Å²) >= 11 is 5.02. The Morgan fingerprint density at radius 1 is 1.33 bits per heavy atom. The molecule has 2 aromatic rings. The van der Waals surface area contributed by atoms with E-state index in [1.165, 1.54) is 0 Å². The van der Waals surface area contributed by atoms with Gasteiger partial charge in [-0.1, -0.05) is 23.8 Å². The Balaban J connectivity index is 1.76. The number of rotatable bonds is 2. The van der Waals surface area contributed by atoms with Gasteiger partial charge in [0.2, 0.25) is 0 Å². The van der Waals surface area contributed by atoms with Gasteiger partial charge in [0.05, 0.1) is 4.99 Å². The number of thiocarbonyl (C=S) groups is 1. The number of nitrogens with two attached hydrogens (primary N) is 1. The van der Waals surface area contributed by atoms with E-state index < -0.39 is 0 Å². The van der Waals surface area contributed by atoms with E-state index >= 15 is 0 Å². The molecule has 0 bridgehead atoms. The Kier molecular flexibility index (Phi) is 3.68. The fourth-order valence-electron chi connectivity index (χ4n) is 2.79. The Morgan fingerprint density at radius 2 is 2.05 bits per heavy atom. The van der Waals surface area contributed by atoms with Crippen molar-refractivity contribution in [3.05, 3.63) is 35.6 Å². The minimum absolute atomic E-state index is 0.0507. The third-order valence-electron chi connectivity index (χ3n) is 4.07. The molecule has 0 radical (unpaired) electrons. The predicted octanol–water partition coefficient (Wildman–Crippen LogP) is 2.88. The topological polar surface area (TPSA) is 59.5 Å². The molecule has 1 aromatic heterocycles. The highest BCUT2D eigenvalue weighted by Gasteiger charge is 2.26. The van der Waals surface area contributed by atoms with E-state index in [9.17, 15) is 4.79 Å². The highest BCUT2D eigenvalue weighted by atomic mass is 32.1. The number of amides is 1. The van der Waals surface area contributed by atoms with Crippen molar-refractivity contribution < 1.29 is 9.21 Å². The number of carbonyl (C=O) groups is 1. The molecule has 0 aliphatic carbocycles. The summed E-state index contributed by atoms with van der Waals surface area (Å²) in [5.41, 5.74) is 7.58. The average Bonchev–Trinajstić information content (AvgIpc) is 2.89. The van der Waals surface area contributed by atoms with E-state index in [1.54, 1.807) is 0 Å².